The van der Waals surface area contributed by atoms with Gasteiger partial charge < -0.3 is 25.6 Å². The zero-order valence-corrected chi connectivity index (χ0v) is 26.6. The number of aryl methyl sites for hydroxylation is 2. The van der Waals surface area contributed by atoms with Crippen LogP contribution in [0.4, 0.5) is 16.2 Å². The van der Waals surface area contributed by atoms with Crippen molar-refractivity contribution in [2.75, 3.05) is 29.9 Å². The van der Waals surface area contributed by atoms with E-state index in [0.29, 0.717) is 19.4 Å². The molecule has 2 atom stereocenters. The molecular formula is C39H46N4O3. The third kappa shape index (κ3) is 10.7. The molecule has 1 saturated heterocycles. The molecule has 1 heterocycles. The molecule has 0 spiro atoms. The van der Waals surface area contributed by atoms with Crippen molar-refractivity contribution in [2.45, 2.75) is 63.6 Å². The molecule has 7 heteroatoms. The summed E-state index contributed by atoms with van der Waals surface area (Å²) in [7, 11) is 0. The lowest BCUT2D eigenvalue weighted by molar-refractivity contribution is -0.123. The van der Waals surface area contributed by atoms with Crippen LogP contribution >= 0.6 is 0 Å². The Morgan fingerprint density at radius 3 is 1.83 bits per heavy atom. The molecule has 4 aromatic carbocycles. The highest BCUT2D eigenvalue weighted by atomic mass is 16.5. The van der Waals surface area contributed by atoms with Gasteiger partial charge in [-0.25, -0.2) is 4.79 Å². The number of ether oxygens (including phenoxy) is 1. The van der Waals surface area contributed by atoms with Gasteiger partial charge in [-0.05, 0) is 85.9 Å². The third-order valence-corrected chi connectivity index (χ3v) is 8.50. The minimum Gasteiger partial charge on any atom is -0.445 e. The van der Waals surface area contributed by atoms with Gasteiger partial charge in [0.2, 0.25) is 5.91 Å². The van der Waals surface area contributed by atoms with E-state index in [1.807, 2.05) is 78.9 Å². The van der Waals surface area contributed by atoms with Gasteiger partial charge in [0.25, 0.3) is 0 Å². The summed E-state index contributed by atoms with van der Waals surface area (Å²) in [6, 6.07) is 37.5. The number of carbonyl (C=O) groups is 2. The number of nitrogens with one attached hydrogen (secondary N) is 3. The molecule has 3 N–H and O–H groups in total. The highest BCUT2D eigenvalue weighted by molar-refractivity contribution is 5.86. The largest absolute Gasteiger partial charge is 0.445 e. The number of nitrogens with zero attached hydrogens (tertiary/aromatic N) is 1. The van der Waals surface area contributed by atoms with Crippen LogP contribution in [0.2, 0.25) is 0 Å². The van der Waals surface area contributed by atoms with Gasteiger partial charge in [0.05, 0.1) is 0 Å². The van der Waals surface area contributed by atoms with Crippen molar-refractivity contribution in [3.8, 4) is 0 Å². The van der Waals surface area contributed by atoms with Crippen molar-refractivity contribution in [1.29, 1.82) is 0 Å². The Hall–Kier alpha value is -4.78. The molecule has 4 aromatic rings. The molecule has 0 bridgehead atoms. The van der Waals surface area contributed by atoms with E-state index < -0.39 is 12.1 Å². The first-order chi connectivity index (χ1) is 22.6. The lowest BCUT2D eigenvalue weighted by atomic mass is 10.0. The maximum atomic E-state index is 13.8. The van der Waals surface area contributed by atoms with Crippen LogP contribution in [0.25, 0.3) is 0 Å². The maximum Gasteiger partial charge on any atom is 0.408 e. The van der Waals surface area contributed by atoms with E-state index in [2.05, 4.69) is 57.2 Å². The second kappa shape index (κ2) is 17.6. The van der Waals surface area contributed by atoms with Gasteiger partial charge >= 0.3 is 6.09 Å². The van der Waals surface area contributed by atoms with Crippen LogP contribution < -0.4 is 20.9 Å². The summed E-state index contributed by atoms with van der Waals surface area (Å²) < 4.78 is 5.48. The van der Waals surface area contributed by atoms with E-state index in [9.17, 15) is 9.59 Å². The first-order valence-corrected chi connectivity index (χ1v) is 16.6. The van der Waals surface area contributed by atoms with E-state index in [1.165, 1.54) is 30.5 Å². The Labute approximate surface area is 273 Å². The first-order valence-electron chi connectivity index (χ1n) is 16.6. The number of anilines is 2. The summed E-state index contributed by atoms with van der Waals surface area (Å²) in [4.78, 5) is 29.1. The molecule has 0 radical (unpaired) electrons. The average molecular weight is 619 g/mol. The van der Waals surface area contributed by atoms with Crippen molar-refractivity contribution >= 4 is 23.4 Å². The Bertz CT molecular complexity index is 1460. The van der Waals surface area contributed by atoms with Gasteiger partial charge in [0.15, 0.2) is 0 Å². The number of piperidine rings is 1. The minimum atomic E-state index is -0.744. The van der Waals surface area contributed by atoms with Crippen LogP contribution in [-0.4, -0.2) is 43.7 Å². The van der Waals surface area contributed by atoms with Crippen LogP contribution in [0.15, 0.2) is 115 Å². The monoisotopic (exact) mass is 618 g/mol. The van der Waals surface area contributed by atoms with Crippen molar-refractivity contribution in [1.82, 2.24) is 10.6 Å². The van der Waals surface area contributed by atoms with Gasteiger partial charge in [-0.15, -0.1) is 0 Å². The van der Waals surface area contributed by atoms with Crippen molar-refractivity contribution in [3.05, 3.63) is 132 Å². The fourth-order valence-electron chi connectivity index (χ4n) is 5.83. The summed E-state index contributed by atoms with van der Waals surface area (Å²) in [5.41, 5.74) is 5.48. The fraction of sp³-hybridized carbons (Fsp3) is 0.333. The number of rotatable bonds is 15. The Kier molecular flexibility index (Phi) is 12.5. The Morgan fingerprint density at radius 1 is 0.652 bits per heavy atom. The third-order valence-electron chi connectivity index (χ3n) is 8.50. The van der Waals surface area contributed by atoms with Crippen molar-refractivity contribution in [3.63, 3.8) is 0 Å². The summed E-state index contributed by atoms with van der Waals surface area (Å²) in [5.74, 6) is -0.215. The smallest absolute Gasteiger partial charge is 0.408 e. The maximum absolute atomic E-state index is 13.8. The van der Waals surface area contributed by atoms with Gasteiger partial charge in [-0.2, -0.15) is 0 Å². The summed E-state index contributed by atoms with van der Waals surface area (Å²) in [6.07, 6.45) is 5.86. The number of hydrogen-bond acceptors (Lipinski definition) is 5. The van der Waals surface area contributed by atoms with Gasteiger partial charge in [0, 0.05) is 37.1 Å². The van der Waals surface area contributed by atoms with Crippen LogP contribution in [-0.2, 0) is 29.0 Å². The summed E-state index contributed by atoms with van der Waals surface area (Å²) in [5, 5.41) is 9.65. The van der Waals surface area contributed by atoms with Crippen LogP contribution in [0, 0.1) is 0 Å². The highest BCUT2D eigenvalue weighted by Gasteiger charge is 2.24. The molecule has 46 heavy (non-hydrogen) atoms. The second-order valence-electron chi connectivity index (χ2n) is 12.0. The van der Waals surface area contributed by atoms with Crippen LogP contribution in [0.1, 0.15) is 48.8 Å². The average Bonchev–Trinajstić information content (AvgIpc) is 3.12. The quantitative estimate of drug-likeness (QED) is 0.132. The van der Waals surface area contributed by atoms with E-state index in [1.54, 1.807) is 0 Å². The zero-order valence-electron chi connectivity index (χ0n) is 26.6. The molecule has 0 aliphatic carbocycles. The van der Waals surface area contributed by atoms with Crippen molar-refractivity contribution < 1.29 is 14.3 Å². The molecular weight excluding hydrogens is 572 g/mol. The van der Waals surface area contributed by atoms with Gasteiger partial charge in [0.1, 0.15) is 12.6 Å². The van der Waals surface area contributed by atoms with Crippen molar-refractivity contribution in [2.24, 2.45) is 0 Å². The zero-order chi connectivity index (χ0) is 31.8. The molecule has 1 fully saturated rings. The second-order valence-corrected chi connectivity index (χ2v) is 12.0. The molecule has 1 aliphatic heterocycles. The Morgan fingerprint density at radius 2 is 1.22 bits per heavy atom. The molecule has 0 aromatic heterocycles. The standard InChI is InChI=1S/C39H46N4O3/c44-38(37(26-20-32-15-7-2-8-16-32)42-39(45)46-30-33-17-9-3-10-18-33)41-35(21-19-31-13-5-1-6-14-31)29-40-34-22-24-36(25-23-34)43-27-11-4-12-28-43/h1-3,5-10,13-18,22-25,35,37,40H,4,11-12,19-21,26-30H2,(H,41,44)(H,42,45)/t35-,37-/m0/s1. The molecule has 240 valence electrons. The predicted octanol–water partition coefficient (Wildman–Crippen LogP) is 7.13. The van der Waals surface area contributed by atoms with E-state index in [0.717, 1.165) is 42.7 Å². The minimum absolute atomic E-state index is 0.139. The number of hydrogen-bond donors (Lipinski definition) is 3. The van der Waals surface area contributed by atoms with Crippen LogP contribution in [0.5, 0.6) is 0 Å². The number of carbonyl (C=O) groups excluding carboxylic acids is 2. The summed E-state index contributed by atoms with van der Waals surface area (Å²) >= 11 is 0. The Balaban J connectivity index is 1.23. The van der Waals surface area contributed by atoms with Crippen LogP contribution in [0.3, 0.4) is 0 Å². The number of benzene rings is 4. The molecule has 0 unspecified atom stereocenters. The fourth-order valence-corrected chi connectivity index (χ4v) is 5.83. The molecule has 5 rings (SSSR count). The highest BCUT2D eigenvalue weighted by Crippen LogP contribution is 2.22. The molecule has 1 aliphatic rings. The number of amides is 2. The van der Waals surface area contributed by atoms with Gasteiger partial charge in [-0.3, -0.25) is 4.79 Å². The predicted molar refractivity (Wildman–Crippen MR) is 186 cm³/mol. The van der Waals surface area contributed by atoms with E-state index in [4.69, 9.17) is 4.74 Å². The lowest BCUT2D eigenvalue weighted by Gasteiger charge is -2.29. The van der Waals surface area contributed by atoms with E-state index >= 15 is 0 Å². The topological polar surface area (TPSA) is 82.7 Å². The normalized spacial score (nSPS) is 14.1. The number of alkyl carbamates (subject to hydrolysis) is 1. The van der Waals surface area contributed by atoms with E-state index in [-0.39, 0.29) is 18.6 Å². The SMILES string of the molecule is O=C(N[C@@H](CCc1ccccc1)C(=O)N[C@@H](CCc1ccccc1)CNc1ccc(N2CCCCC2)cc1)OCc1ccccc1. The summed E-state index contributed by atoms with van der Waals surface area (Å²) in [6.45, 7) is 2.92. The first kappa shape index (κ1) is 32.6. The molecule has 2 amide bonds. The molecule has 7 nitrogen and oxygen atoms in total. The lowest BCUT2D eigenvalue weighted by Crippen LogP contribution is -2.51. The van der Waals surface area contributed by atoms with Gasteiger partial charge in [-0.1, -0.05) is 91.0 Å². The molecule has 0 saturated carbocycles.